The standard InChI is InChI=1S/C10H14ClNO.ClH/c1-6-4-3-5-8(11)9(6)10(12)7(2)13;/h3-5,7,10,13H,12H2,1-2H3;1H/t7-,10-;/m0./s1. The molecule has 0 unspecified atom stereocenters. The molecule has 0 bridgehead atoms. The monoisotopic (exact) mass is 235 g/mol. The van der Waals surface area contributed by atoms with E-state index in [1.54, 1.807) is 13.0 Å². The van der Waals surface area contributed by atoms with E-state index in [1.807, 2.05) is 19.1 Å². The maximum Gasteiger partial charge on any atom is 0.0705 e. The van der Waals surface area contributed by atoms with E-state index < -0.39 is 12.1 Å². The Labute approximate surface area is 95.5 Å². The van der Waals surface area contributed by atoms with Gasteiger partial charge in [0.05, 0.1) is 12.1 Å². The highest BCUT2D eigenvalue weighted by molar-refractivity contribution is 6.31. The first-order chi connectivity index (χ1) is 6.04. The van der Waals surface area contributed by atoms with Crippen LogP contribution >= 0.6 is 24.0 Å². The van der Waals surface area contributed by atoms with Crippen LogP contribution < -0.4 is 5.73 Å². The first-order valence-corrected chi connectivity index (χ1v) is 4.60. The first kappa shape index (κ1) is 13.7. The zero-order valence-corrected chi connectivity index (χ0v) is 9.77. The maximum absolute atomic E-state index is 9.34. The van der Waals surface area contributed by atoms with Crippen LogP contribution in [0.5, 0.6) is 0 Å². The fourth-order valence-electron chi connectivity index (χ4n) is 1.31. The number of rotatable bonds is 2. The van der Waals surface area contributed by atoms with E-state index in [-0.39, 0.29) is 12.4 Å². The molecule has 2 nitrogen and oxygen atoms in total. The quantitative estimate of drug-likeness (QED) is 0.828. The van der Waals surface area contributed by atoms with E-state index in [4.69, 9.17) is 17.3 Å². The topological polar surface area (TPSA) is 46.2 Å². The Kier molecular flexibility index (Phi) is 5.45. The largest absolute Gasteiger partial charge is 0.391 e. The van der Waals surface area contributed by atoms with Crippen molar-refractivity contribution in [1.29, 1.82) is 0 Å². The molecule has 80 valence electrons. The van der Waals surface area contributed by atoms with Crippen LogP contribution in [0.15, 0.2) is 18.2 Å². The molecular weight excluding hydrogens is 221 g/mol. The van der Waals surface area contributed by atoms with E-state index >= 15 is 0 Å². The third-order valence-electron chi connectivity index (χ3n) is 2.12. The third kappa shape index (κ3) is 2.85. The Bertz CT molecular complexity index is 282. The van der Waals surface area contributed by atoms with Gasteiger partial charge in [0.2, 0.25) is 0 Å². The van der Waals surface area contributed by atoms with Gasteiger partial charge in [0.1, 0.15) is 0 Å². The highest BCUT2D eigenvalue weighted by Crippen LogP contribution is 2.26. The summed E-state index contributed by atoms with van der Waals surface area (Å²) in [6.45, 7) is 3.59. The van der Waals surface area contributed by atoms with Gasteiger partial charge >= 0.3 is 0 Å². The normalized spacial score (nSPS) is 14.4. The molecule has 2 atom stereocenters. The van der Waals surface area contributed by atoms with Gasteiger partial charge in [0, 0.05) is 5.02 Å². The van der Waals surface area contributed by atoms with Crippen molar-refractivity contribution < 1.29 is 5.11 Å². The summed E-state index contributed by atoms with van der Waals surface area (Å²) < 4.78 is 0. The summed E-state index contributed by atoms with van der Waals surface area (Å²) in [6, 6.07) is 5.18. The lowest BCUT2D eigenvalue weighted by Crippen LogP contribution is -2.24. The second-order valence-corrected chi connectivity index (χ2v) is 3.64. The van der Waals surface area contributed by atoms with Crippen LogP contribution in [0.3, 0.4) is 0 Å². The summed E-state index contributed by atoms with van der Waals surface area (Å²) in [6.07, 6.45) is -0.585. The van der Waals surface area contributed by atoms with Gasteiger partial charge in [0.25, 0.3) is 0 Å². The van der Waals surface area contributed by atoms with Crippen molar-refractivity contribution in [3.05, 3.63) is 34.3 Å². The lowest BCUT2D eigenvalue weighted by molar-refractivity contribution is 0.164. The van der Waals surface area contributed by atoms with Crippen LogP contribution in [0.2, 0.25) is 5.02 Å². The smallest absolute Gasteiger partial charge is 0.0705 e. The van der Waals surface area contributed by atoms with Gasteiger partial charge in [-0.05, 0) is 31.0 Å². The van der Waals surface area contributed by atoms with Gasteiger partial charge in [0.15, 0.2) is 0 Å². The molecule has 1 aromatic carbocycles. The van der Waals surface area contributed by atoms with E-state index in [0.29, 0.717) is 5.02 Å². The number of aliphatic hydroxyl groups excluding tert-OH is 1. The number of benzene rings is 1. The molecule has 0 saturated heterocycles. The van der Waals surface area contributed by atoms with E-state index in [1.165, 1.54) is 0 Å². The van der Waals surface area contributed by atoms with Crippen molar-refractivity contribution in [2.75, 3.05) is 0 Å². The number of halogens is 2. The van der Waals surface area contributed by atoms with Gasteiger partial charge in [-0.25, -0.2) is 0 Å². The molecule has 4 heteroatoms. The van der Waals surface area contributed by atoms with Crippen LogP contribution in [-0.4, -0.2) is 11.2 Å². The van der Waals surface area contributed by atoms with Crippen molar-refractivity contribution in [3.63, 3.8) is 0 Å². The lowest BCUT2D eigenvalue weighted by atomic mass is 9.98. The number of nitrogens with two attached hydrogens (primary N) is 1. The van der Waals surface area contributed by atoms with Crippen molar-refractivity contribution in [1.82, 2.24) is 0 Å². The van der Waals surface area contributed by atoms with Crippen LogP contribution in [0.25, 0.3) is 0 Å². The van der Waals surface area contributed by atoms with Crippen molar-refractivity contribution in [3.8, 4) is 0 Å². The van der Waals surface area contributed by atoms with E-state index in [9.17, 15) is 5.11 Å². The predicted octanol–water partition coefficient (Wildman–Crippen LogP) is 2.45. The first-order valence-electron chi connectivity index (χ1n) is 4.22. The summed E-state index contributed by atoms with van der Waals surface area (Å²) >= 11 is 5.98. The second kappa shape index (κ2) is 5.56. The molecule has 3 N–H and O–H groups in total. The summed E-state index contributed by atoms with van der Waals surface area (Å²) in [5.74, 6) is 0. The number of aryl methyl sites for hydroxylation is 1. The molecule has 0 spiro atoms. The Hall–Kier alpha value is -0.280. The van der Waals surface area contributed by atoms with Crippen LogP contribution in [0.1, 0.15) is 24.1 Å². The summed E-state index contributed by atoms with van der Waals surface area (Å²) in [5, 5.41) is 9.96. The van der Waals surface area contributed by atoms with Crippen molar-refractivity contribution in [2.24, 2.45) is 5.73 Å². The molecule has 0 aliphatic carbocycles. The number of aliphatic hydroxyl groups is 1. The Balaban J connectivity index is 0.00000169. The van der Waals surface area contributed by atoms with Crippen LogP contribution in [0.4, 0.5) is 0 Å². The zero-order valence-electron chi connectivity index (χ0n) is 8.20. The minimum atomic E-state index is -0.585. The average molecular weight is 236 g/mol. The molecule has 1 rings (SSSR count). The fraction of sp³-hybridized carbons (Fsp3) is 0.400. The molecule has 1 aromatic rings. The highest BCUT2D eigenvalue weighted by Gasteiger charge is 2.16. The van der Waals surface area contributed by atoms with E-state index in [0.717, 1.165) is 11.1 Å². The molecule has 0 heterocycles. The molecule has 0 saturated carbocycles. The lowest BCUT2D eigenvalue weighted by Gasteiger charge is -2.18. The van der Waals surface area contributed by atoms with E-state index in [2.05, 4.69) is 0 Å². The van der Waals surface area contributed by atoms with Crippen molar-refractivity contribution >= 4 is 24.0 Å². The molecule has 14 heavy (non-hydrogen) atoms. The molecule has 0 aromatic heterocycles. The average Bonchev–Trinajstić information content (AvgIpc) is 2.03. The number of hydrogen-bond acceptors (Lipinski definition) is 2. The maximum atomic E-state index is 9.34. The minimum Gasteiger partial charge on any atom is -0.391 e. The summed E-state index contributed by atoms with van der Waals surface area (Å²) in [5.41, 5.74) is 7.65. The summed E-state index contributed by atoms with van der Waals surface area (Å²) in [4.78, 5) is 0. The van der Waals surface area contributed by atoms with Crippen LogP contribution in [-0.2, 0) is 0 Å². The summed E-state index contributed by atoms with van der Waals surface area (Å²) in [7, 11) is 0. The Morgan fingerprint density at radius 3 is 2.43 bits per heavy atom. The van der Waals surface area contributed by atoms with Crippen LogP contribution in [0, 0.1) is 6.92 Å². The molecule has 0 amide bonds. The molecule has 0 aliphatic rings. The Morgan fingerprint density at radius 1 is 1.43 bits per heavy atom. The predicted molar refractivity (Wildman–Crippen MR) is 62.0 cm³/mol. The van der Waals surface area contributed by atoms with Gasteiger partial charge < -0.3 is 10.8 Å². The number of hydrogen-bond donors (Lipinski definition) is 2. The second-order valence-electron chi connectivity index (χ2n) is 3.24. The zero-order chi connectivity index (χ0) is 10.0. The molecule has 0 radical (unpaired) electrons. The third-order valence-corrected chi connectivity index (χ3v) is 2.45. The van der Waals surface area contributed by atoms with Gasteiger partial charge in [-0.1, -0.05) is 23.7 Å². The van der Waals surface area contributed by atoms with Gasteiger partial charge in [-0.15, -0.1) is 12.4 Å². The molecular formula is C10H15Cl2NO. The minimum absolute atomic E-state index is 0. The highest BCUT2D eigenvalue weighted by atomic mass is 35.5. The van der Waals surface area contributed by atoms with Crippen molar-refractivity contribution in [2.45, 2.75) is 26.0 Å². The SMILES string of the molecule is Cc1cccc(Cl)c1[C@@H](N)[C@H](C)O.Cl. The molecule has 0 fully saturated rings. The molecule has 0 aliphatic heterocycles. The fourth-order valence-corrected chi connectivity index (χ4v) is 1.66. The Morgan fingerprint density at radius 2 is 2.00 bits per heavy atom. The van der Waals surface area contributed by atoms with Gasteiger partial charge in [-0.2, -0.15) is 0 Å². The van der Waals surface area contributed by atoms with Gasteiger partial charge in [-0.3, -0.25) is 0 Å².